The SMILES string of the molecule is O=C(O)NC(c1cn2nc(CC3C[C@@H](C(F)(F)F)CNC3=O)ccc2n1)C(C1CC1)C1CC1. The number of alkyl halides is 3. The van der Waals surface area contributed by atoms with Gasteiger partial charge in [-0.2, -0.15) is 18.3 Å². The molecule has 178 valence electrons. The van der Waals surface area contributed by atoms with Crippen molar-refractivity contribution in [1.82, 2.24) is 25.2 Å². The lowest BCUT2D eigenvalue weighted by Crippen LogP contribution is -2.47. The summed E-state index contributed by atoms with van der Waals surface area (Å²) in [5.74, 6) is -1.58. The van der Waals surface area contributed by atoms with Gasteiger partial charge in [-0.25, -0.2) is 14.3 Å². The number of aromatic nitrogens is 3. The first-order valence-electron chi connectivity index (χ1n) is 11.4. The third-order valence-corrected chi connectivity index (χ3v) is 7.09. The molecule has 5 rings (SSSR count). The van der Waals surface area contributed by atoms with E-state index in [0.717, 1.165) is 25.7 Å². The maximum atomic E-state index is 13.1. The number of hydrogen-bond donors (Lipinski definition) is 3. The zero-order chi connectivity index (χ0) is 23.3. The summed E-state index contributed by atoms with van der Waals surface area (Å²) in [4.78, 5) is 28.3. The van der Waals surface area contributed by atoms with Gasteiger partial charge in [0, 0.05) is 18.9 Å². The third-order valence-electron chi connectivity index (χ3n) is 7.09. The summed E-state index contributed by atoms with van der Waals surface area (Å²) < 4.78 is 40.9. The molecular weight excluding hydrogens is 439 g/mol. The van der Waals surface area contributed by atoms with Crippen LogP contribution in [0.5, 0.6) is 0 Å². The minimum Gasteiger partial charge on any atom is -0.465 e. The monoisotopic (exact) mass is 465 g/mol. The van der Waals surface area contributed by atoms with E-state index in [0.29, 0.717) is 28.9 Å². The first kappa shape index (κ1) is 22.0. The fourth-order valence-corrected chi connectivity index (χ4v) is 5.17. The number of carbonyl (C=O) groups excluding carboxylic acids is 1. The lowest BCUT2D eigenvalue weighted by Gasteiger charge is -2.30. The number of carbonyl (C=O) groups is 2. The first-order valence-corrected chi connectivity index (χ1v) is 11.4. The molecule has 2 aliphatic carbocycles. The maximum absolute atomic E-state index is 13.1. The molecule has 3 atom stereocenters. The van der Waals surface area contributed by atoms with Gasteiger partial charge >= 0.3 is 12.3 Å². The van der Waals surface area contributed by atoms with Crippen molar-refractivity contribution in [3.8, 4) is 0 Å². The Hall–Kier alpha value is -2.85. The van der Waals surface area contributed by atoms with Gasteiger partial charge in [0.25, 0.3) is 0 Å². The van der Waals surface area contributed by atoms with Gasteiger partial charge in [0.05, 0.1) is 29.5 Å². The van der Waals surface area contributed by atoms with Crippen molar-refractivity contribution in [3.63, 3.8) is 0 Å². The van der Waals surface area contributed by atoms with Gasteiger partial charge in [0.1, 0.15) is 0 Å². The lowest BCUT2D eigenvalue weighted by atomic mass is 9.86. The van der Waals surface area contributed by atoms with Gasteiger partial charge in [-0.3, -0.25) is 4.79 Å². The van der Waals surface area contributed by atoms with Crippen LogP contribution in [0, 0.1) is 29.6 Å². The second-order valence-electron chi connectivity index (χ2n) is 9.59. The van der Waals surface area contributed by atoms with Gasteiger partial charge in [0.15, 0.2) is 5.65 Å². The molecule has 0 bridgehead atoms. The van der Waals surface area contributed by atoms with Crippen molar-refractivity contribution in [2.24, 2.45) is 29.6 Å². The summed E-state index contributed by atoms with van der Waals surface area (Å²) in [6, 6.07) is 2.94. The number of halogens is 3. The molecule has 0 aromatic carbocycles. The van der Waals surface area contributed by atoms with Crippen LogP contribution in [-0.4, -0.2) is 44.4 Å². The van der Waals surface area contributed by atoms with Crippen molar-refractivity contribution in [1.29, 1.82) is 0 Å². The number of piperidine rings is 1. The molecule has 2 aromatic heterocycles. The number of carboxylic acid groups (broad SMARTS) is 1. The largest absolute Gasteiger partial charge is 0.465 e. The average Bonchev–Trinajstić information content (AvgIpc) is 3.67. The van der Waals surface area contributed by atoms with E-state index in [1.54, 1.807) is 18.3 Å². The third kappa shape index (κ3) is 4.77. The number of fused-ring (bicyclic) bond motifs is 1. The van der Waals surface area contributed by atoms with E-state index in [9.17, 15) is 27.9 Å². The van der Waals surface area contributed by atoms with Crippen LogP contribution >= 0.6 is 0 Å². The Balaban J connectivity index is 1.37. The quantitative estimate of drug-likeness (QED) is 0.581. The molecule has 3 fully saturated rings. The molecule has 2 saturated carbocycles. The molecule has 0 radical (unpaired) electrons. The van der Waals surface area contributed by atoms with E-state index in [-0.39, 0.29) is 18.8 Å². The number of imidazole rings is 1. The Labute approximate surface area is 187 Å². The van der Waals surface area contributed by atoms with E-state index in [4.69, 9.17) is 0 Å². The highest BCUT2D eigenvalue weighted by molar-refractivity contribution is 5.79. The fourth-order valence-electron chi connectivity index (χ4n) is 5.17. The average molecular weight is 465 g/mol. The van der Waals surface area contributed by atoms with Crippen molar-refractivity contribution in [2.45, 2.75) is 50.7 Å². The molecule has 11 heteroatoms. The highest BCUT2D eigenvalue weighted by Crippen LogP contribution is 2.54. The molecule has 3 N–H and O–H groups in total. The molecule has 8 nitrogen and oxygen atoms in total. The van der Waals surface area contributed by atoms with Crippen LogP contribution in [0.1, 0.15) is 49.5 Å². The Bertz CT molecular complexity index is 1050. The van der Waals surface area contributed by atoms with Crippen LogP contribution in [0.3, 0.4) is 0 Å². The van der Waals surface area contributed by atoms with Gasteiger partial charge in [-0.05, 0) is 62.0 Å². The summed E-state index contributed by atoms with van der Waals surface area (Å²) in [6.07, 6.45) is 0.442. The van der Waals surface area contributed by atoms with Gasteiger partial charge < -0.3 is 15.7 Å². The standard InChI is InChI=1S/C22H26F3N5O3/c23-22(24,25)14-7-13(20(31)26-9-14)8-15-5-6-17-27-16(10-30(17)29-15)19(28-21(32)33)18(11-1-2-11)12-3-4-12/h5-6,10-14,18-19,28H,1-4,7-9H2,(H,26,31)(H,32,33)/t13?,14-,19?/m1/s1. The van der Waals surface area contributed by atoms with E-state index >= 15 is 0 Å². The van der Waals surface area contributed by atoms with Crippen LogP contribution in [0.15, 0.2) is 18.3 Å². The van der Waals surface area contributed by atoms with Crippen molar-refractivity contribution in [2.75, 3.05) is 6.54 Å². The Kier molecular flexibility index (Phi) is 5.44. The number of nitrogens with zero attached hydrogens (tertiary/aromatic N) is 3. The molecular formula is C22H26F3N5O3. The molecule has 2 unspecified atom stereocenters. The van der Waals surface area contributed by atoms with Crippen molar-refractivity contribution >= 4 is 17.6 Å². The molecule has 1 saturated heterocycles. The molecule has 2 amide bonds. The molecule has 1 aliphatic heterocycles. The zero-order valence-electron chi connectivity index (χ0n) is 17.9. The van der Waals surface area contributed by atoms with E-state index < -0.39 is 42.6 Å². The van der Waals surface area contributed by atoms with Crippen LogP contribution in [0.2, 0.25) is 0 Å². The summed E-state index contributed by atoms with van der Waals surface area (Å²) in [5, 5.41) is 18.9. The number of nitrogens with one attached hydrogen (secondary N) is 2. The molecule has 33 heavy (non-hydrogen) atoms. The predicted molar refractivity (Wildman–Crippen MR) is 110 cm³/mol. The molecule has 3 heterocycles. The fraction of sp³-hybridized carbons (Fsp3) is 0.636. The van der Waals surface area contributed by atoms with Crippen LogP contribution in [0.4, 0.5) is 18.0 Å². The van der Waals surface area contributed by atoms with Crippen molar-refractivity contribution < 1.29 is 27.9 Å². The first-order chi connectivity index (χ1) is 15.7. The Morgan fingerprint density at radius 2 is 1.94 bits per heavy atom. The second kappa shape index (κ2) is 8.18. The van der Waals surface area contributed by atoms with E-state index in [1.165, 1.54) is 4.52 Å². The van der Waals surface area contributed by atoms with E-state index in [1.807, 2.05) is 0 Å². The minimum absolute atomic E-state index is 0.0887. The van der Waals surface area contributed by atoms with Gasteiger partial charge in [-0.1, -0.05) is 0 Å². The predicted octanol–water partition coefficient (Wildman–Crippen LogP) is 3.33. The Morgan fingerprint density at radius 3 is 2.55 bits per heavy atom. The highest BCUT2D eigenvalue weighted by Gasteiger charge is 2.47. The maximum Gasteiger partial charge on any atom is 0.405 e. The number of rotatable bonds is 7. The molecule has 2 aromatic rings. The van der Waals surface area contributed by atoms with E-state index in [2.05, 4.69) is 20.7 Å². The lowest BCUT2D eigenvalue weighted by molar-refractivity contribution is -0.183. The minimum atomic E-state index is -4.35. The highest BCUT2D eigenvalue weighted by atomic mass is 19.4. The zero-order valence-corrected chi connectivity index (χ0v) is 17.9. The summed E-state index contributed by atoms with van der Waals surface area (Å²) in [5.41, 5.74) is 1.61. The normalized spacial score (nSPS) is 24.7. The number of hydrogen-bond acceptors (Lipinski definition) is 4. The second-order valence-corrected chi connectivity index (χ2v) is 9.59. The van der Waals surface area contributed by atoms with Crippen molar-refractivity contribution in [3.05, 3.63) is 29.7 Å². The Morgan fingerprint density at radius 1 is 1.24 bits per heavy atom. The number of amides is 2. The molecule has 0 spiro atoms. The van der Waals surface area contributed by atoms with Crippen LogP contribution < -0.4 is 10.6 Å². The summed E-state index contributed by atoms with van der Waals surface area (Å²) >= 11 is 0. The summed E-state index contributed by atoms with van der Waals surface area (Å²) in [6.45, 7) is -0.392. The van der Waals surface area contributed by atoms with Gasteiger partial charge in [-0.15, -0.1) is 0 Å². The smallest absolute Gasteiger partial charge is 0.405 e. The van der Waals surface area contributed by atoms with Crippen LogP contribution in [0.25, 0.3) is 5.65 Å². The van der Waals surface area contributed by atoms with Gasteiger partial charge in [0.2, 0.25) is 5.91 Å². The topological polar surface area (TPSA) is 109 Å². The van der Waals surface area contributed by atoms with Crippen LogP contribution in [-0.2, 0) is 11.2 Å². The molecule has 3 aliphatic rings. The summed E-state index contributed by atoms with van der Waals surface area (Å²) in [7, 11) is 0.